The summed E-state index contributed by atoms with van der Waals surface area (Å²) in [5.41, 5.74) is 0.981. The van der Waals surface area contributed by atoms with Crippen molar-refractivity contribution in [2.45, 2.75) is 105 Å². The molecule has 6 rings (SSSR count). The van der Waals surface area contributed by atoms with Crippen molar-refractivity contribution in [2.24, 2.45) is 46.3 Å². The van der Waals surface area contributed by atoms with Crippen LogP contribution in [0.15, 0.2) is 11.6 Å². The average molecular weight is 427 g/mol. The van der Waals surface area contributed by atoms with E-state index in [0.717, 1.165) is 29.7 Å². The van der Waals surface area contributed by atoms with E-state index in [1.54, 1.807) is 6.08 Å². The Morgan fingerprint density at radius 1 is 1.06 bits per heavy atom. The molecule has 3 nitrogen and oxygen atoms in total. The Labute approximate surface area is 188 Å². The summed E-state index contributed by atoms with van der Waals surface area (Å²) in [5.74, 6) is 4.11. The van der Waals surface area contributed by atoms with Crippen LogP contribution in [0.4, 0.5) is 0 Å². The van der Waals surface area contributed by atoms with Gasteiger partial charge >= 0.3 is 0 Å². The van der Waals surface area contributed by atoms with Crippen molar-refractivity contribution in [3.05, 3.63) is 11.6 Å². The van der Waals surface area contributed by atoms with Crippen LogP contribution >= 0.6 is 0 Å². The Balaban J connectivity index is 1.43. The SMILES string of the molecule is CC(C)CCC[C@@H](C)[C@H]1CC[C@H]2[C@@H]3[C@H]4O[C@H](C)[C@@]5(CCC(=O)C=C5C4=O)[C@H]3CC[C@]12C. The molecule has 0 N–H and O–H groups in total. The summed E-state index contributed by atoms with van der Waals surface area (Å²) in [6.07, 6.45) is 12.0. The van der Waals surface area contributed by atoms with Gasteiger partial charge in [-0.2, -0.15) is 0 Å². The molecule has 2 saturated heterocycles. The maximum Gasteiger partial charge on any atom is 0.188 e. The van der Waals surface area contributed by atoms with Crippen molar-refractivity contribution in [2.75, 3.05) is 0 Å². The molecule has 3 heteroatoms. The quantitative estimate of drug-likeness (QED) is 0.529. The standard InChI is InChI=1S/C28H42O3/c1-16(2)7-6-8-17(3)20-9-10-21-24-22(12-13-27(20,21)5)28-14-11-19(29)15-23(28)25(30)26(24)31-18(28)4/h15-18,20-22,24,26H,6-14H2,1-5H3/t17-,18-,20-,21+,22+,24+,26-,27-,28+/m1/s1. The van der Waals surface area contributed by atoms with E-state index in [-0.39, 0.29) is 29.2 Å². The van der Waals surface area contributed by atoms with E-state index in [1.165, 1.54) is 44.9 Å². The summed E-state index contributed by atoms with van der Waals surface area (Å²) in [5, 5.41) is 0. The first kappa shape index (κ1) is 21.9. The minimum Gasteiger partial charge on any atom is -0.366 e. The maximum atomic E-state index is 13.5. The molecule has 31 heavy (non-hydrogen) atoms. The average Bonchev–Trinajstić information content (AvgIpc) is 3.07. The number of fused-ring (bicyclic) bond motifs is 2. The lowest BCUT2D eigenvalue weighted by molar-refractivity contribution is -0.232. The lowest BCUT2D eigenvalue weighted by Crippen LogP contribution is -2.68. The van der Waals surface area contributed by atoms with Gasteiger partial charge in [0.15, 0.2) is 11.6 Å². The van der Waals surface area contributed by atoms with Crippen LogP contribution in [0.2, 0.25) is 0 Å². The molecule has 2 heterocycles. The molecule has 172 valence electrons. The number of hydrogen-bond acceptors (Lipinski definition) is 3. The fourth-order valence-electron chi connectivity index (χ4n) is 9.31. The molecule has 0 aromatic carbocycles. The van der Waals surface area contributed by atoms with Gasteiger partial charge < -0.3 is 4.74 Å². The Morgan fingerprint density at radius 3 is 2.58 bits per heavy atom. The third-order valence-electron chi connectivity index (χ3n) is 10.7. The molecule has 5 fully saturated rings. The van der Waals surface area contributed by atoms with Crippen LogP contribution in [0, 0.1) is 46.3 Å². The van der Waals surface area contributed by atoms with E-state index in [4.69, 9.17) is 4.74 Å². The number of Topliss-reactive ketones (excluding diaryl/α,β-unsaturated/α-hetero) is 1. The van der Waals surface area contributed by atoms with Gasteiger partial charge in [0, 0.05) is 17.4 Å². The van der Waals surface area contributed by atoms with Crippen LogP contribution < -0.4 is 0 Å². The number of ketones is 2. The Hall–Kier alpha value is -0.960. The van der Waals surface area contributed by atoms with E-state index in [2.05, 4.69) is 34.6 Å². The molecular weight excluding hydrogens is 384 g/mol. The zero-order valence-corrected chi connectivity index (χ0v) is 20.3. The van der Waals surface area contributed by atoms with E-state index in [9.17, 15) is 9.59 Å². The smallest absolute Gasteiger partial charge is 0.188 e. The number of hydrogen-bond donors (Lipinski definition) is 0. The van der Waals surface area contributed by atoms with Crippen molar-refractivity contribution in [3.63, 3.8) is 0 Å². The molecular formula is C28H42O3. The third-order valence-corrected chi connectivity index (χ3v) is 10.7. The van der Waals surface area contributed by atoms with Crippen LogP contribution in [0.3, 0.4) is 0 Å². The fourth-order valence-corrected chi connectivity index (χ4v) is 9.31. The summed E-state index contributed by atoms with van der Waals surface area (Å²) in [6.45, 7) is 11.9. The van der Waals surface area contributed by atoms with Crippen LogP contribution in [0.5, 0.6) is 0 Å². The molecule has 0 radical (unpaired) electrons. The van der Waals surface area contributed by atoms with Crippen molar-refractivity contribution in [3.8, 4) is 0 Å². The summed E-state index contributed by atoms with van der Waals surface area (Å²) in [7, 11) is 0. The maximum absolute atomic E-state index is 13.5. The first-order valence-electron chi connectivity index (χ1n) is 13.1. The van der Waals surface area contributed by atoms with Gasteiger partial charge in [0.05, 0.1) is 6.10 Å². The van der Waals surface area contributed by atoms with Gasteiger partial charge in [0.25, 0.3) is 0 Å². The Morgan fingerprint density at radius 2 is 1.84 bits per heavy atom. The second kappa shape index (κ2) is 7.54. The highest BCUT2D eigenvalue weighted by molar-refractivity contribution is 6.08. The van der Waals surface area contributed by atoms with Crippen LogP contribution in [-0.4, -0.2) is 23.8 Å². The van der Waals surface area contributed by atoms with Gasteiger partial charge in [-0.3, -0.25) is 9.59 Å². The lowest BCUT2D eigenvalue weighted by atomic mass is 9.42. The molecule has 0 aromatic rings. The second-order valence-corrected chi connectivity index (χ2v) is 12.4. The Kier molecular flexibility index (Phi) is 5.32. The number of carbonyl (C=O) groups is 2. The molecule has 4 aliphatic carbocycles. The molecule has 3 saturated carbocycles. The lowest BCUT2D eigenvalue weighted by Gasteiger charge is -2.66. The molecule has 9 atom stereocenters. The minimum absolute atomic E-state index is 0.0623. The number of carbonyl (C=O) groups excluding carboxylic acids is 2. The summed E-state index contributed by atoms with van der Waals surface area (Å²) < 4.78 is 6.50. The van der Waals surface area contributed by atoms with Gasteiger partial charge in [-0.15, -0.1) is 0 Å². The van der Waals surface area contributed by atoms with Crippen LogP contribution in [-0.2, 0) is 14.3 Å². The molecule has 6 aliphatic rings. The van der Waals surface area contributed by atoms with Crippen molar-refractivity contribution in [1.82, 2.24) is 0 Å². The zero-order chi connectivity index (χ0) is 22.1. The highest BCUT2D eigenvalue weighted by atomic mass is 16.5. The highest BCUT2D eigenvalue weighted by Crippen LogP contribution is 2.70. The topological polar surface area (TPSA) is 43.4 Å². The van der Waals surface area contributed by atoms with E-state index >= 15 is 0 Å². The van der Waals surface area contributed by atoms with E-state index < -0.39 is 0 Å². The predicted molar refractivity (Wildman–Crippen MR) is 122 cm³/mol. The second-order valence-electron chi connectivity index (χ2n) is 12.4. The molecule has 2 bridgehead atoms. The normalized spacial score (nSPS) is 47.1. The first-order valence-corrected chi connectivity index (χ1v) is 13.1. The van der Waals surface area contributed by atoms with E-state index in [0.29, 0.717) is 29.6 Å². The molecule has 2 aliphatic heterocycles. The van der Waals surface area contributed by atoms with Gasteiger partial charge in [-0.1, -0.05) is 47.0 Å². The summed E-state index contributed by atoms with van der Waals surface area (Å²) in [6, 6.07) is 0. The fraction of sp³-hybridized carbons (Fsp3) is 0.857. The van der Waals surface area contributed by atoms with Gasteiger partial charge in [-0.25, -0.2) is 0 Å². The number of rotatable bonds is 5. The zero-order valence-electron chi connectivity index (χ0n) is 20.3. The van der Waals surface area contributed by atoms with Gasteiger partial charge in [0.1, 0.15) is 6.10 Å². The summed E-state index contributed by atoms with van der Waals surface area (Å²) in [4.78, 5) is 25.7. The van der Waals surface area contributed by atoms with Gasteiger partial charge in [0.2, 0.25) is 0 Å². The van der Waals surface area contributed by atoms with Crippen LogP contribution in [0.25, 0.3) is 0 Å². The molecule has 0 amide bonds. The highest BCUT2D eigenvalue weighted by Gasteiger charge is 2.70. The third kappa shape index (κ3) is 3.01. The Bertz CT molecular complexity index is 796. The monoisotopic (exact) mass is 426 g/mol. The van der Waals surface area contributed by atoms with E-state index in [1.807, 2.05) is 0 Å². The first-order chi connectivity index (χ1) is 14.7. The van der Waals surface area contributed by atoms with Crippen molar-refractivity contribution in [1.29, 1.82) is 0 Å². The van der Waals surface area contributed by atoms with Crippen LogP contribution in [0.1, 0.15) is 92.4 Å². The van der Waals surface area contributed by atoms with Crippen molar-refractivity contribution >= 4 is 11.6 Å². The minimum atomic E-state index is -0.307. The molecule has 0 unspecified atom stereocenters. The molecule has 0 aromatic heterocycles. The summed E-state index contributed by atoms with van der Waals surface area (Å²) >= 11 is 0. The van der Waals surface area contributed by atoms with Crippen molar-refractivity contribution < 1.29 is 14.3 Å². The largest absolute Gasteiger partial charge is 0.366 e. The van der Waals surface area contributed by atoms with Gasteiger partial charge in [-0.05, 0) is 86.0 Å². The molecule has 1 spiro atoms. The number of ether oxygens (including phenoxy) is 1. The predicted octanol–water partition coefficient (Wildman–Crippen LogP) is 6.15.